The van der Waals surface area contributed by atoms with Crippen molar-refractivity contribution in [1.29, 1.82) is 0 Å². The van der Waals surface area contributed by atoms with Gasteiger partial charge in [0.2, 0.25) is 0 Å². The van der Waals surface area contributed by atoms with Crippen molar-refractivity contribution in [2.75, 3.05) is 0 Å². The number of fused-ring (bicyclic) bond motifs is 4. The van der Waals surface area contributed by atoms with Crippen molar-refractivity contribution in [2.45, 2.75) is 123 Å². The molecule has 10 heteroatoms. The number of amides is 2. The van der Waals surface area contributed by atoms with Gasteiger partial charge >= 0.3 is 11.9 Å². The van der Waals surface area contributed by atoms with Crippen LogP contribution >= 0.6 is 27.7 Å². The number of imide groups is 1. The van der Waals surface area contributed by atoms with Gasteiger partial charge in [-0.15, -0.1) is 0 Å². The topological polar surface area (TPSA) is 111 Å². The number of ether oxygens (including phenoxy) is 1. The van der Waals surface area contributed by atoms with E-state index in [1.54, 1.807) is 0 Å². The van der Waals surface area contributed by atoms with E-state index in [0.717, 1.165) is 69.6 Å². The fraction of sp³-hybridized carbons (Fsp3) is 0.800. The first-order valence-electron chi connectivity index (χ1n) is 16.8. The molecule has 8 nitrogen and oxygen atoms in total. The highest BCUT2D eigenvalue weighted by Gasteiger charge is 2.83. The van der Waals surface area contributed by atoms with Gasteiger partial charge in [-0.2, -0.15) is 0 Å². The third-order valence-electron chi connectivity index (χ3n) is 14.9. The van der Waals surface area contributed by atoms with E-state index < -0.39 is 22.7 Å². The van der Waals surface area contributed by atoms with Gasteiger partial charge in [-0.25, -0.2) is 4.79 Å². The molecule has 246 valence electrons. The molecule has 2 amide bonds. The molecule has 7 fully saturated rings. The monoisotopic (exact) mass is 702 g/mol. The average molecular weight is 704 g/mol. The number of alkyl halides is 1. The van der Waals surface area contributed by atoms with Crippen molar-refractivity contribution in [3.05, 3.63) is 11.0 Å². The molecule has 45 heavy (non-hydrogen) atoms. The third kappa shape index (κ3) is 3.99. The number of thioether (sulfide) groups is 1. The number of carbonyl (C=O) groups excluding carboxylic acids is 4. The normalized spacial score (nSPS) is 49.4. The quantitative estimate of drug-likeness (QED) is 0.103. The number of esters is 1. The Hall–Kier alpha value is -1.68. The zero-order valence-electron chi connectivity index (χ0n) is 27.6. The van der Waals surface area contributed by atoms with Gasteiger partial charge in [0.15, 0.2) is 0 Å². The van der Waals surface area contributed by atoms with E-state index in [4.69, 9.17) is 9.57 Å². The summed E-state index contributed by atoms with van der Waals surface area (Å²) in [5.41, 5.74) is -0.174. The molecule has 5 aliphatic carbocycles. The molecule has 2 saturated heterocycles. The highest BCUT2D eigenvalue weighted by atomic mass is 79.9. The Morgan fingerprint density at radius 2 is 1.69 bits per heavy atom. The molecule has 5 saturated carbocycles. The van der Waals surface area contributed by atoms with Crippen LogP contribution in [0.5, 0.6) is 0 Å². The second-order valence-electron chi connectivity index (χ2n) is 17.4. The Bertz CT molecular complexity index is 1470. The molecule has 0 aromatic heterocycles. The van der Waals surface area contributed by atoms with E-state index >= 15 is 0 Å². The number of halogens is 1. The van der Waals surface area contributed by atoms with Crippen LogP contribution in [0.3, 0.4) is 0 Å². The Balaban J connectivity index is 1.19. The molecule has 2 heterocycles. The predicted molar refractivity (Wildman–Crippen MR) is 175 cm³/mol. The molecule has 0 aromatic carbocycles. The molecule has 0 radical (unpaired) electrons. The van der Waals surface area contributed by atoms with Crippen molar-refractivity contribution in [3.8, 4) is 0 Å². The summed E-state index contributed by atoms with van der Waals surface area (Å²) in [4.78, 5) is 55.3. The molecule has 9 atom stereocenters. The molecule has 2 bridgehead atoms. The highest BCUT2D eigenvalue weighted by molar-refractivity contribution is 9.09. The van der Waals surface area contributed by atoms with Crippen LogP contribution < -0.4 is 5.32 Å². The number of carbonyl (C=O) groups is 4. The Kier molecular flexibility index (Phi) is 6.87. The number of rotatable bonds is 2. The van der Waals surface area contributed by atoms with Gasteiger partial charge in [0.25, 0.3) is 11.1 Å². The maximum Gasteiger partial charge on any atom is 0.359 e. The van der Waals surface area contributed by atoms with Crippen LogP contribution in [-0.4, -0.2) is 39.2 Å². The van der Waals surface area contributed by atoms with Crippen LogP contribution in [0.1, 0.15) is 113 Å². The highest BCUT2D eigenvalue weighted by Crippen LogP contribution is 2.81. The molecule has 1 N–H and O–H groups in total. The minimum Gasteiger partial charge on any atom is -0.457 e. The maximum absolute atomic E-state index is 13.9. The van der Waals surface area contributed by atoms with Gasteiger partial charge in [0.1, 0.15) is 5.60 Å². The van der Waals surface area contributed by atoms with Crippen LogP contribution in [0, 0.1) is 50.2 Å². The van der Waals surface area contributed by atoms with Crippen LogP contribution in [-0.2, 0) is 24.0 Å². The van der Waals surface area contributed by atoms with Gasteiger partial charge in [-0.05, 0) is 104 Å². The summed E-state index contributed by atoms with van der Waals surface area (Å²) in [6, 6.07) is 0. The molecule has 1 spiro atoms. The first-order valence-corrected chi connectivity index (χ1v) is 18.5. The summed E-state index contributed by atoms with van der Waals surface area (Å²) in [5.74, 6) is -0.276. The van der Waals surface area contributed by atoms with Crippen molar-refractivity contribution >= 4 is 56.5 Å². The molecular weight excluding hydrogens is 656 g/mol. The lowest BCUT2D eigenvalue weighted by molar-refractivity contribution is -0.272. The van der Waals surface area contributed by atoms with Crippen molar-refractivity contribution in [3.63, 3.8) is 0 Å². The van der Waals surface area contributed by atoms with E-state index in [1.807, 2.05) is 0 Å². The van der Waals surface area contributed by atoms with E-state index in [-0.39, 0.29) is 54.1 Å². The van der Waals surface area contributed by atoms with Crippen LogP contribution in [0.4, 0.5) is 4.79 Å². The number of nitrogens with zero attached hydrogens (tertiary/aromatic N) is 1. The number of oxime groups is 1. The minimum atomic E-state index is -0.756. The number of hydrogen-bond donors (Lipinski definition) is 1. The summed E-state index contributed by atoms with van der Waals surface area (Å²) < 4.78 is 6.88. The standard InChI is InChI=1S/C35H47BrN2O6S/c1-29(2)12-14-34-15-13-33(7)32(6)11-8-20-30(3,4)24(38-44-25(39)16-19-26(40)37-28(42)45-19)9-10-31(20,5)21(32)17-23(36)35(33,22(34)18-29)43-27(34)41/h16,20-23H,8-15,17-18H2,1-7H3,(H,37,40,42)/b19-16-,38-24-/t20-,21+,22-,23+,31+,32-,33+,34+,35-/m1/s1. The zero-order valence-corrected chi connectivity index (χ0v) is 30.0. The van der Waals surface area contributed by atoms with Gasteiger partial charge in [-0.1, -0.05) is 69.6 Å². The van der Waals surface area contributed by atoms with Crippen LogP contribution in [0.25, 0.3) is 0 Å². The summed E-state index contributed by atoms with van der Waals surface area (Å²) >= 11 is 4.96. The third-order valence-corrected chi connectivity index (χ3v) is 16.8. The first kappa shape index (κ1) is 31.9. The van der Waals surface area contributed by atoms with Crippen molar-refractivity contribution in [1.82, 2.24) is 5.32 Å². The smallest absolute Gasteiger partial charge is 0.359 e. The molecule has 7 rings (SSSR count). The average Bonchev–Trinajstić information content (AvgIpc) is 3.35. The summed E-state index contributed by atoms with van der Waals surface area (Å²) in [6.45, 7) is 16.7. The summed E-state index contributed by atoms with van der Waals surface area (Å²) in [6.07, 6.45) is 10.8. The van der Waals surface area contributed by atoms with Crippen LogP contribution in [0.15, 0.2) is 16.1 Å². The second-order valence-corrected chi connectivity index (χ2v) is 19.5. The van der Waals surface area contributed by atoms with Gasteiger partial charge in [-0.3, -0.25) is 19.7 Å². The lowest BCUT2D eigenvalue weighted by Crippen LogP contribution is -2.75. The van der Waals surface area contributed by atoms with Gasteiger partial charge in [0, 0.05) is 22.8 Å². The Morgan fingerprint density at radius 1 is 0.978 bits per heavy atom. The summed E-state index contributed by atoms with van der Waals surface area (Å²) in [5, 5.41) is 6.03. The fourth-order valence-electron chi connectivity index (χ4n) is 12.4. The van der Waals surface area contributed by atoms with Crippen molar-refractivity contribution in [2.24, 2.45) is 55.4 Å². The number of nitrogens with one attached hydrogen (secondary N) is 1. The van der Waals surface area contributed by atoms with E-state index in [0.29, 0.717) is 30.0 Å². The molecule has 7 aliphatic rings. The lowest BCUT2D eigenvalue weighted by atomic mass is 9.31. The molecule has 0 unspecified atom stereocenters. The largest absolute Gasteiger partial charge is 0.457 e. The SMILES string of the molecule is CC1(C)CC[C@@]23CC[C@]4(C)[C@@](OC2=O)([C@@H]3C1)[C@@H](Br)C[C@H]1[C@@]2(C)CC/C(=N/OC(=O)/C=C3\SC(=O)NC3=O)C(C)(C)[C@H]2CC[C@]14C. The molecule has 0 aromatic rings. The molecular formula is C35H47BrN2O6S. The first-order chi connectivity index (χ1) is 20.9. The minimum absolute atomic E-state index is 0.00121. The summed E-state index contributed by atoms with van der Waals surface area (Å²) in [7, 11) is 0. The van der Waals surface area contributed by atoms with E-state index in [1.165, 1.54) is 0 Å². The lowest BCUT2D eigenvalue weighted by Gasteiger charge is -2.74. The zero-order chi connectivity index (χ0) is 32.6. The van der Waals surface area contributed by atoms with Gasteiger partial charge < -0.3 is 9.57 Å². The van der Waals surface area contributed by atoms with E-state index in [9.17, 15) is 19.2 Å². The van der Waals surface area contributed by atoms with Crippen LogP contribution in [0.2, 0.25) is 0 Å². The number of hydrogen-bond acceptors (Lipinski definition) is 8. The van der Waals surface area contributed by atoms with Crippen molar-refractivity contribution < 1.29 is 28.8 Å². The maximum atomic E-state index is 13.9. The Morgan fingerprint density at radius 3 is 2.38 bits per heavy atom. The fourth-order valence-corrected chi connectivity index (χ4v) is 14.3. The predicted octanol–water partition coefficient (Wildman–Crippen LogP) is 7.69. The van der Waals surface area contributed by atoms with E-state index in [2.05, 4.69) is 74.9 Å². The van der Waals surface area contributed by atoms with Gasteiger partial charge in [0.05, 0.1) is 20.9 Å². The Labute approximate surface area is 279 Å². The molecule has 2 aliphatic heterocycles. The second kappa shape index (κ2) is 9.70.